The third-order valence-electron chi connectivity index (χ3n) is 5.39. The summed E-state index contributed by atoms with van der Waals surface area (Å²) in [6, 6.07) is 5.62. The van der Waals surface area contributed by atoms with Crippen molar-refractivity contribution in [2.75, 3.05) is 19.6 Å². The van der Waals surface area contributed by atoms with Crippen molar-refractivity contribution in [3.05, 3.63) is 58.7 Å². The molecule has 1 aromatic rings. The Labute approximate surface area is 157 Å². The molecule has 0 aromatic heterocycles. The van der Waals surface area contributed by atoms with Crippen molar-refractivity contribution in [2.24, 2.45) is 5.41 Å². The Morgan fingerprint density at radius 1 is 1.22 bits per heavy atom. The van der Waals surface area contributed by atoms with Crippen molar-refractivity contribution < 1.29 is 18.0 Å². The third kappa shape index (κ3) is 4.10. The molecule has 2 aliphatic rings. The smallest absolute Gasteiger partial charge is 0.335 e. The maximum absolute atomic E-state index is 13.2. The second-order valence-corrected chi connectivity index (χ2v) is 7.79. The molecule has 3 nitrogen and oxygen atoms in total. The van der Waals surface area contributed by atoms with Crippen LogP contribution in [0.15, 0.2) is 42.0 Å². The highest BCUT2D eigenvalue weighted by Gasteiger charge is 2.49. The molecule has 0 saturated carbocycles. The number of benzene rings is 1. The molecule has 1 aliphatic carbocycles. The first kappa shape index (κ1) is 19.7. The molecule has 1 amide bonds. The van der Waals surface area contributed by atoms with E-state index in [0.29, 0.717) is 25.2 Å². The molecular formula is C21H25F3N2O. The molecule has 3 rings (SSSR count). The molecule has 1 heterocycles. The molecule has 27 heavy (non-hydrogen) atoms. The summed E-state index contributed by atoms with van der Waals surface area (Å²) in [6.07, 6.45) is 0.103. The van der Waals surface area contributed by atoms with E-state index in [-0.39, 0.29) is 18.4 Å². The largest absolute Gasteiger partial charge is 0.397 e. The molecule has 1 aromatic carbocycles. The van der Waals surface area contributed by atoms with Crippen LogP contribution in [0.25, 0.3) is 0 Å². The summed E-state index contributed by atoms with van der Waals surface area (Å²) in [6.45, 7) is 6.77. The lowest BCUT2D eigenvalue weighted by Gasteiger charge is -2.37. The average Bonchev–Trinajstić information content (AvgIpc) is 2.60. The predicted octanol–water partition coefficient (Wildman–Crippen LogP) is 4.17. The van der Waals surface area contributed by atoms with E-state index >= 15 is 0 Å². The summed E-state index contributed by atoms with van der Waals surface area (Å²) in [5.74, 6) is -0.0335. The van der Waals surface area contributed by atoms with Gasteiger partial charge in [-0.15, -0.1) is 0 Å². The lowest BCUT2D eigenvalue weighted by atomic mass is 9.80. The number of halogens is 3. The number of allylic oxidation sites excluding steroid dienone is 2. The van der Waals surface area contributed by atoms with E-state index in [1.54, 1.807) is 17.1 Å². The highest BCUT2D eigenvalue weighted by molar-refractivity contribution is 5.94. The van der Waals surface area contributed by atoms with Gasteiger partial charge in [0.25, 0.3) is 5.91 Å². The van der Waals surface area contributed by atoms with E-state index < -0.39 is 11.6 Å². The van der Waals surface area contributed by atoms with Crippen molar-refractivity contribution in [3.8, 4) is 0 Å². The monoisotopic (exact) mass is 378 g/mol. The predicted molar refractivity (Wildman–Crippen MR) is 99.6 cm³/mol. The van der Waals surface area contributed by atoms with E-state index in [9.17, 15) is 18.0 Å². The van der Waals surface area contributed by atoms with Gasteiger partial charge in [-0.3, -0.25) is 4.79 Å². The molecule has 0 spiro atoms. The molecule has 2 atom stereocenters. The minimum atomic E-state index is -4.27. The van der Waals surface area contributed by atoms with Gasteiger partial charge < -0.3 is 10.2 Å². The van der Waals surface area contributed by atoms with Gasteiger partial charge in [-0.25, -0.2) is 0 Å². The van der Waals surface area contributed by atoms with E-state index in [1.807, 2.05) is 32.0 Å². The van der Waals surface area contributed by atoms with E-state index in [1.165, 1.54) is 13.0 Å². The highest BCUT2D eigenvalue weighted by Crippen LogP contribution is 2.44. The summed E-state index contributed by atoms with van der Waals surface area (Å²) in [4.78, 5) is 14.7. The highest BCUT2D eigenvalue weighted by atomic mass is 19.4. The molecule has 1 aliphatic heterocycles. The number of carbonyl (C=O) groups is 1. The minimum Gasteiger partial charge on any atom is -0.335 e. The number of nitrogens with one attached hydrogen (secondary N) is 1. The molecule has 1 fully saturated rings. The standard InChI is InChI=1S/C21H25F3N2O/c1-14-10-15(2)12-17(11-14)19(27)26-9-8-25-18(13-26)16-4-6-20(3,7-5-16)21(22,23)24/h4-6,10-12,18,25H,7-9,13H2,1-3H3. The molecule has 1 saturated heterocycles. The summed E-state index contributed by atoms with van der Waals surface area (Å²) in [5.41, 5.74) is 1.73. The summed E-state index contributed by atoms with van der Waals surface area (Å²) >= 11 is 0. The normalized spacial score (nSPS) is 26.1. The Hall–Kier alpha value is -2.08. The molecule has 6 heteroatoms. The van der Waals surface area contributed by atoms with Crippen LogP contribution in [0, 0.1) is 19.3 Å². The van der Waals surface area contributed by atoms with Crippen LogP contribution >= 0.6 is 0 Å². The second-order valence-electron chi connectivity index (χ2n) is 7.79. The summed E-state index contributed by atoms with van der Waals surface area (Å²) < 4.78 is 39.5. The molecule has 0 radical (unpaired) electrons. The SMILES string of the molecule is Cc1cc(C)cc(C(=O)N2CCNC(C3=CCC(C)(C(F)(F)F)C=C3)C2)c1. The quantitative estimate of drug-likeness (QED) is 0.838. The van der Waals surface area contributed by atoms with Crippen LogP contribution in [-0.2, 0) is 0 Å². The van der Waals surface area contributed by atoms with Crippen LogP contribution in [0.1, 0.15) is 34.8 Å². The Morgan fingerprint density at radius 2 is 1.89 bits per heavy atom. The lowest BCUT2D eigenvalue weighted by Crippen LogP contribution is -2.53. The summed E-state index contributed by atoms with van der Waals surface area (Å²) in [5, 5.41) is 3.32. The number of piperazine rings is 1. The van der Waals surface area contributed by atoms with Crippen LogP contribution < -0.4 is 5.32 Å². The van der Waals surface area contributed by atoms with E-state index in [2.05, 4.69) is 5.32 Å². The van der Waals surface area contributed by atoms with Crippen molar-refractivity contribution in [1.29, 1.82) is 0 Å². The number of aryl methyl sites for hydroxylation is 2. The van der Waals surface area contributed by atoms with Gasteiger partial charge in [-0.1, -0.05) is 35.4 Å². The van der Waals surface area contributed by atoms with E-state index in [4.69, 9.17) is 0 Å². The number of alkyl halides is 3. The molecule has 2 unspecified atom stereocenters. The van der Waals surface area contributed by atoms with Gasteiger partial charge in [0.05, 0.1) is 5.41 Å². The van der Waals surface area contributed by atoms with Gasteiger partial charge >= 0.3 is 6.18 Å². The number of carbonyl (C=O) groups excluding carboxylic acids is 1. The Kier molecular flexibility index (Phi) is 5.21. The number of nitrogens with zero attached hydrogens (tertiary/aromatic N) is 1. The van der Waals surface area contributed by atoms with Crippen LogP contribution in [0.2, 0.25) is 0 Å². The fourth-order valence-corrected chi connectivity index (χ4v) is 3.65. The molecule has 0 bridgehead atoms. The van der Waals surface area contributed by atoms with Gasteiger partial charge in [-0.2, -0.15) is 13.2 Å². The average molecular weight is 378 g/mol. The van der Waals surface area contributed by atoms with Crippen LogP contribution in [0.4, 0.5) is 13.2 Å². The zero-order valence-corrected chi connectivity index (χ0v) is 15.9. The first-order valence-electron chi connectivity index (χ1n) is 9.16. The zero-order valence-electron chi connectivity index (χ0n) is 15.9. The van der Waals surface area contributed by atoms with Crippen molar-refractivity contribution in [3.63, 3.8) is 0 Å². The minimum absolute atomic E-state index is 0.0335. The van der Waals surface area contributed by atoms with E-state index in [0.717, 1.165) is 16.7 Å². The second kappa shape index (κ2) is 7.15. The Morgan fingerprint density at radius 3 is 2.44 bits per heavy atom. The van der Waals surface area contributed by atoms with Crippen molar-refractivity contribution in [1.82, 2.24) is 10.2 Å². The van der Waals surface area contributed by atoms with Gasteiger partial charge in [0.15, 0.2) is 0 Å². The molecule has 1 N–H and O–H groups in total. The maximum atomic E-state index is 13.2. The Balaban J connectivity index is 1.72. The van der Waals surface area contributed by atoms with Crippen molar-refractivity contribution in [2.45, 2.75) is 39.4 Å². The maximum Gasteiger partial charge on any atom is 0.397 e. The first-order valence-corrected chi connectivity index (χ1v) is 9.16. The fraction of sp³-hybridized carbons (Fsp3) is 0.476. The number of amides is 1. The molecular weight excluding hydrogens is 353 g/mol. The van der Waals surface area contributed by atoms with Gasteiger partial charge in [0.2, 0.25) is 0 Å². The Bertz CT molecular complexity index is 777. The van der Waals surface area contributed by atoms with Gasteiger partial charge in [0.1, 0.15) is 0 Å². The van der Waals surface area contributed by atoms with Gasteiger partial charge in [-0.05, 0) is 44.9 Å². The third-order valence-corrected chi connectivity index (χ3v) is 5.39. The zero-order chi connectivity index (χ0) is 19.8. The molecule has 146 valence electrons. The number of hydrogen-bond donors (Lipinski definition) is 1. The van der Waals surface area contributed by atoms with Crippen LogP contribution in [0.3, 0.4) is 0 Å². The lowest BCUT2D eigenvalue weighted by molar-refractivity contribution is -0.199. The number of rotatable bonds is 2. The van der Waals surface area contributed by atoms with Gasteiger partial charge in [0, 0.05) is 31.2 Å². The van der Waals surface area contributed by atoms with Crippen molar-refractivity contribution >= 4 is 5.91 Å². The fourth-order valence-electron chi connectivity index (χ4n) is 3.65. The summed E-state index contributed by atoms with van der Waals surface area (Å²) in [7, 11) is 0. The number of hydrogen-bond acceptors (Lipinski definition) is 2. The first-order chi connectivity index (χ1) is 12.6. The van der Waals surface area contributed by atoms with Crippen LogP contribution in [-0.4, -0.2) is 42.7 Å². The van der Waals surface area contributed by atoms with Crippen LogP contribution in [0.5, 0.6) is 0 Å². The topological polar surface area (TPSA) is 32.3 Å².